The lowest BCUT2D eigenvalue weighted by Crippen LogP contribution is -2.53. The van der Waals surface area contributed by atoms with Gasteiger partial charge in [0.1, 0.15) is 5.60 Å². The Bertz CT molecular complexity index is 1080. The molecule has 7 nitrogen and oxygen atoms in total. The molecule has 2 aliphatic carbocycles. The third-order valence-corrected chi connectivity index (χ3v) is 7.30. The first-order valence-corrected chi connectivity index (χ1v) is 12.3. The monoisotopic (exact) mass is 461 g/mol. The largest absolute Gasteiger partial charge is 0.380 e. The molecule has 0 bridgehead atoms. The Morgan fingerprint density at radius 1 is 0.853 bits per heavy atom. The summed E-state index contributed by atoms with van der Waals surface area (Å²) in [4.78, 5) is 41.1. The van der Waals surface area contributed by atoms with Crippen LogP contribution < -0.4 is 5.32 Å². The number of hydrogen-bond donors (Lipinski definition) is 2. The topological polar surface area (TPSA) is 90.0 Å². The van der Waals surface area contributed by atoms with Crippen LogP contribution >= 0.6 is 0 Å². The second-order valence-corrected chi connectivity index (χ2v) is 9.74. The van der Waals surface area contributed by atoms with Crippen molar-refractivity contribution in [3.8, 4) is 11.1 Å². The van der Waals surface area contributed by atoms with Gasteiger partial charge in [-0.15, -0.1) is 0 Å². The molecule has 0 unspecified atom stereocenters. The number of amides is 3. The minimum absolute atomic E-state index is 0.0543. The van der Waals surface area contributed by atoms with Crippen molar-refractivity contribution in [2.75, 3.05) is 31.5 Å². The third-order valence-electron chi connectivity index (χ3n) is 7.30. The van der Waals surface area contributed by atoms with Crippen molar-refractivity contribution in [3.63, 3.8) is 0 Å². The summed E-state index contributed by atoms with van der Waals surface area (Å²) in [5, 5.41) is 13.1. The molecule has 178 valence electrons. The molecular formula is C27H31N3O4. The molecule has 1 aliphatic heterocycles. The van der Waals surface area contributed by atoms with Crippen LogP contribution in [0.2, 0.25) is 0 Å². The molecule has 3 fully saturated rings. The zero-order chi connectivity index (χ0) is 23.7. The summed E-state index contributed by atoms with van der Waals surface area (Å²) in [7, 11) is 0. The maximum atomic E-state index is 13.0. The van der Waals surface area contributed by atoms with Gasteiger partial charge in [0.05, 0.1) is 0 Å². The van der Waals surface area contributed by atoms with E-state index in [1.165, 1.54) is 0 Å². The lowest BCUT2D eigenvalue weighted by atomic mass is 10.0. The van der Waals surface area contributed by atoms with Gasteiger partial charge in [-0.2, -0.15) is 0 Å². The average Bonchev–Trinajstić information content (AvgIpc) is 3.38. The molecule has 5 rings (SSSR count). The van der Waals surface area contributed by atoms with Crippen LogP contribution in [0.15, 0.2) is 48.5 Å². The van der Waals surface area contributed by atoms with Crippen LogP contribution in [0.25, 0.3) is 11.1 Å². The highest BCUT2D eigenvalue weighted by molar-refractivity contribution is 5.96. The first kappa shape index (κ1) is 22.6. The lowest BCUT2D eigenvalue weighted by molar-refractivity contribution is -0.143. The molecule has 3 aliphatic rings. The SMILES string of the molecule is O=C(Nc1cccc(-c2ccc(C(=O)N3CCN(C(=O)C4(O)CC4)CC3)cc2)c1)C1CCCC1. The molecule has 2 N–H and O–H groups in total. The van der Waals surface area contributed by atoms with Crippen LogP contribution in [0.5, 0.6) is 0 Å². The van der Waals surface area contributed by atoms with E-state index in [0.29, 0.717) is 44.6 Å². The van der Waals surface area contributed by atoms with Crippen molar-refractivity contribution < 1.29 is 19.5 Å². The van der Waals surface area contributed by atoms with Crippen molar-refractivity contribution in [1.82, 2.24) is 9.80 Å². The summed E-state index contributed by atoms with van der Waals surface area (Å²) < 4.78 is 0. The van der Waals surface area contributed by atoms with E-state index in [9.17, 15) is 19.5 Å². The Balaban J connectivity index is 1.20. The summed E-state index contributed by atoms with van der Waals surface area (Å²) >= 11 is 0. The van der Waals surface area contributed by atoms with E-state index in [2.05, 4.69) is 5.32 Å². The summed E-state index contributed by atoms with van der Waals surface area (Å²) in [6, 6.07) is 15.3. The zero-order valence-electron chi connectivity index (χ0n) is 19.3. The van der Waals surface area contributed by atoms with Crippen molar-refractivity contribution >= 4 is 23.4 Å². The molecule has 2 saturated carbocycles. The highest BCUT2D eigenvalue weighted by atomic mass is 16.3. The number of nitrogens with zero attached hydrogens (tertiary/aromatic N) is 2. The molecule has 1 heterocycles. The summed E-state index contributed by atoms with van der Waals surface area (Å²) in [5.74, 6) is -0.0388. The maximum absolute atomic E-state index is 13.0. The second-order valence-electron chi connectivity index (χ2n) is 9.74. The van der Waals surface area contributed by atoms with Gasteiger partial charge in [-0.25, -0.2) is 0 Å². The molecule has 1 saturated heterocycles. The van der Waals surface area contributed by atoms with Crippen molar-refractivity contribution in [2.24, 2.45) is 5.92 Å². The first-order valence-electron chi connectivity index (χ1n) is 12.3. The van der Waals surface area contributed by atoms with E-state index >= 15 is 0 Å². The van der Waals surface area contributed by atoms with Crippen LogP contribution in [0.1, 0.15) is 48.9 Å². The van der Waals surface area contributed by atoms with E-state index in [4.69, 9.17) is 0 Å². The van der Waals surface area contributed by atoms with E-state index in [1.54, 1.807) is 9.80 Å². The standard InChI is InChI=1S/C27H31N3O4/c31-24(20-4-1-2-5-20)28-23-7-3-6-22(18-23)19-8-10-21(11-9-19)25(32)29-14-16-30(17-15-29)26(33)27(34)12-13-27/h3,6-11,18,20,34H,1-2,4-5,12-17H2,(H,28,31). The fourth-order valence-corrected chi connectivity index (χ4v) is 4.94. The number of aliphatic hydroxyl groups is 1. The van der Waals surface area contributed by atoms with Gasteiger partial charge in [0, 0.05) is 43.3 Å². The molecule has 3 amide bonds. The molecular weight excluding hydrogens is 430 g/mol. The Hall–Kier alpha value is -3.19. The second kappa shape index (κ2) is 9.22. The van der Waals surface area contributed by atoms with Gasteiger partial charge in [0.25, 0.3) is 11.8 Å². The Morgan fingerprint density at radius 3 is 2.15 bits per heavy atom. The fraction of sp³-hybridized carbons (Fsp3) is 0.444. The highest BCUT2D eigenvalue weighted by Gasteiger charge is 2.50. The lowest BCUT2D eigenvalue weighted by Gasteiger charge is -2.35. The highest BCUT2D eigenvalue weighted by Crippen LogP contribution is 2.37. The molecule has 0 radical (unpaired) electrons. The molecule has 0 spiro atoms. The fourth-order valence-electron chi connectivity index (χ4n) is 4.94. The van der Waals surface area contributed by atoms with Crippen LogP contribution in [-0.4, -0.2) is 64.4 Å². The average molecular weight is 462 g/mol. The van der Waals surface area contributed by atoms with Crippen molar-refractivity contribution in [1.29, 1.82) is 0 Å². The van der Waals surface area contributed by atoms with Crippen LogP contribution in [0.4, 0.5) is 5.69 Å². The maximum Gasteiger partial charge on any atom is 0.254 e. The molecule has 0 atom stereocenters. The Kier molecular flexibility index (Phi) is 6.13. The minimum atomic E-state index is -1.15. The van der Waals surface area contributed by atoms with Gasteiger partial charge in [-0.05, 0) is 61.1 Å². The predicted octanol–water partition coefficient (Wildman–Crippen LogP) is 3.29. The van der Waals surface area contributed by atoms with Gasteiger partial charge < -0.3 is 20.2 Å². The van der Waals surface area contributed by atoms with E-state index < -0.39 is 5.60 Å². The molecule has 2 aromatic rings. The van der Waals surface area contributed by atoms with Gasteiger partial charge in [0.15, 0.2) is 0 Å². The Morgan fingerprint density at radius 2 is 1.50 bits per heavy atom. The number of carbonyl (C=O) groups excluding carboxylic acids is 3. The summed E-state index contributed by atoms with van der Waals surface area (Å²) in [5.41, 5.74) is 2.20. The number of rotatable bonds is 5. The minimum Gasteiger partial charge on any atom is -0.380 e. The summed E-state index contributed by atoms with van der Waals surface area (Å²) in [6.07, 6.45) is 5.25. The Labute approximate surface area is 199 Å². The number of nitrogens with one attached hydrogen (secondary N) is 1. The van der Waals surface area contributed by atoms with E-state index in [0.717, 1.165) is 42.5 Å². The number of carbonyl (C=O) groups is 3. The zero-order valence-corrected chi connectivity index (χ0v) is 19.3. The quantitative estimate of drug-likeness (QED) is 0.715. The number of anilines is 1. The van der Waals surface area contributed by atoms with E-state index in [1.807, 2.05) is 48.5 Å². The van der Waals surface area contributed by atoms with Crippen LogP contribution in [-0.2, 0) is 9.59 Å². The van der Waals surface area contributed by atoms with Crippen LogP contribution in [0.3, 0.4) is 0 Å². The summed E-state index contributed by atoms with van der Waals surface area (Å²) in [6.45, 7) is 1.82. The molecule has 7 heteroatoms. The van der Waals surface area contributed by atoms with Crippen molar-refractivity contribution in [3.05, 3.63) is 54.1 Å². The van der Waals surface area contributed by atoms with Gasteiger partial charge >= 0.3 is 0 Å². The van der Waals surface area contributed by atoms with Gasteiger partial charge in [-0.3, -0.25) is 14.4 Å². The number of benzene rings is 2. The normalized spacial score (nSPS) is 19.7. The number of piperazine rings is 1. The molecule has 0 aromatic heterocycles. The van der Waals surface area contributed by atoms with Gasteiger partial charge in [-0.1, -0.05) is 37.1 Å². The first-order chi connectivity index (χ1) is 16.4. The van der Waals surface area contributed by atoms with Crippen LogP contribution in [0, 0.1) is 5.92 Å². The van der Waals surface area contributed by atoms with Crippen molar-refractivity contribution in [2.45, 2.75) is 44.1 Å². The predicted molar refractivity (Wildman–Crippen MR) is 129 cm³/mol. The third kappa shape index (κ3) is 4.71. The van der Waals surface area contributed by atoms with E-state index in [-0.39, 0.29) is 23.6 Å². The smallest absolute Gasteiger partial charge is 0.254 e. The van der Waals surface area contributed by atoms with Gasteiger partial charge in [0.2, 0.25) is 5.91 Å². The number of hydrogen-bond acceptors (Lipinski definition) is 4. The molecule has 34 heavy (non-hydrogen) atoms. The molecule has 2 aromatic carbocycles.